The van der Waals surface area contributed by atoms with Crippen LogP contribution in [0.1, 0.15) is 30.5 Å². The largest absolute Gasteiger partial charge is 0.310 e. The third kappa shape index (κ3) is 4.51. The molecule has 0 radical (unpaired) electrons. The minimum absolute atomic E-state index is 0.0544. The van der Waals surface area contributed by atoms with Gasteiger partial charge in [-0.05, 0) is 54.8 Å². The summed E-state index contributed by atoms with van der Waals surface area (Å²) >= 11 is 5.88. The Balaban J connectivity index is 2.20. The maximum absolute atomic E-state index is 13.4. The third-order valence-corrected chi connectivity index (χ3v) is 3.59. The van der Waals surface area contributed by atoms with Gasteiger partial charge in [-0.3, -0.25) is 0 Å². The van der Waals surface area contributed by atoms with Crippen LogP contribution >= 0.6 is 11.6 Å². The van der Waals surface area contributed by atoms with Crippen molar-refractivity contribution < 1.29 is 8.78 Å². The van der Waals surface area contributed by atoms with Gasteiger partial charge in [-0.15, -0.1) is 0 Å². The minimum Gasteiger partial charge on any atom is -0.310 e. The van der Waals surface area contributed by atoms with E-state index in [1.165, 1.54) is 12.1 Å². The van der Waals surface area contributed by atoms with Crippen molar-refractivity contribution in [1.82, 2.24) is 5.32 Å². The fraction of sp³-hybridized carbons (Fsp3) is 0.294. The van der Waals surface area contributed by atoms with Crippen molar-refractivity contribution in [3.63, 3.8) is 0 Å². The van der Waals surface area contributed by atoms with E-state index in [4.69, 9.17) is 11.6 Å². The number of benzene rings is 2. The predicted molar refractivity (Wildman–Crippen MR) is 82.5 cm³/mol. The zero-order valence-electron chi connectivity index (χ0n) is 11.9. The Morgan fingerprint density at radius 1 is 1.05 bits per heavy atom. The fourth-order valence-electron chi connectivity index (χ4n) is 2.21. The van der Waals surface area contributed by atoms with Crippen LogP contribution in [-0.2, 0) is 6.42 Å². The Morgan fingerprint density at radius 2 is 1.76 bits per heavy atom. The van der Waals surface area contributed by atoms with Gasteiger partial charge in [0.15, 0.2) is 11.6 Å². The first-order chi connectivity index (χ1) is 10.1. The smallest absolute Gasteiger partial charge is 0.159 e. The summed E-state index contributed by atoms with van der Waals surface area (Å²) in [6, 6.07) is 11.6. The van der Waals surface area contributed by atoms with E-state index in [0.717, 1.165) is 24.1 Å². The molecule has 1 atom stereocenters. The Bertz CT molecular complexity index is 584. The first-order valence-electron chi connectivity index (χ1n) is 7.03. The van der Waals surface area contributed by atoms with Gasteiger partial charge in [0.1, 0.15) is 0 Å². The second-order valence-corrected chi connectivity index (χ2v) is 5.45. The van der Waals surface area contributed by atoms with Gasteiger partial charge in [0, 0.05) is 11.1 Å². The van der Waals surface area contributed by atoms with Crippen LogP contribution < -0.4 is 5.32 Å². The molecule has 0 aromatic heterocycles. The molecule has 0 aliphatic carbocycles. The molecule has 0 aliphatic rings. The lowest BCUT2D eigenvalue weighted by Crippen LogP contribution is -2.24. The quantitative estimate of drug-likeness (QED) is 0.800. The van der Waals surface area contributed by atoms with E-state index in [0.29, 0.717) is 11.4 Å². The molecule has 0 fully saturated rings. The Kier molecular flexibility index (Phi) is 5.71. The first-order valence-corrected chi connectivity index (χ1v) is 7.40. The summed E-state index contributed by atoms with van der Waals surface area (Å²) in [6.07, 6.45) is 1.67. The van der Waals surface area contributed by atoms with E-state index in [1.807, 2.05) is 24.3 Å². The van der Waals surface area contributed by atoms with Crippen molar-refractivity contribution in [2.45, 2.75) is 25.8 Å². The number of nitrogens with one attached hydrogen (secondary N) is 1. The average Bonchev–Trinajstić information content (AvgIpc) is 2.48. The molecule has 2 rings (SSSR count). The molecule has 0 aliphatic heterocycles. The maximum atomic E-state index is 13.4. The van der Waals surface area contributed by atoms with E-state index in [-0.39, 0.29) is 6.04 Å². The summed E-state index contributed by atoms with van der Waals surface area (Å²) in [6.45, 7) is 2.88. The molecule has 112 valence electrons. The van der Waals surface area contributed by atoms with E-state index in [9.17, 15) is 8.78 Å². The fourth-order valence-corrected chi connectivity index (χ4v) is 2.34. The Labute approximate surface area is 128 Å². The SMILES string of the molecule is CCCNC(Cc1ccc(Cl)cc1)c1ccc(F)c(F)c1. The summed E-state index contributed by atoms with van der Waals surface area (Å²) in [5, 5.41) is 4.06. The second kappa shape index (κ2) is 7.53. The third-order valence-electron chi connectivity index (χ3n) is 3.34. The van der Waals surface area contributed by atoms with Crippen molar-refractivity contribution in [2.75, 3.05) is 6.54 Å². The number of hydrogen-bond donors (Lipinski definition) is 1. The van der Waals surface area contributed by atoms with Gasteiger partial charge in [-0.2, -0.15) is 0 Å². The predicted octanol–water partition coefficient (Wildman–Crippen LogP) is 4.90. The summed E-state index contributed by atoms with van der Waals surface area (Å²) in [5.74, 6) is -1.63. The van der Waals surface area contributed by atoms with E-state index in [2.05, 4.69) is 12.2 Å². The van der Waals surface area contributed by atoms with Crippen LogP contribution in [0.15, 0.2) is 42.5 Å². The lowest BCUT2D eigenvalue weighted by atomic mass is 9.98. The number of rotatable bonds is 6. The normalized spacial score (nSPS) is 12.4. The van der Waals surface area contributed by atoms with Gasteiger partial charge in [0.05, 0.1) is 0 Å². The molecule has 1 nitrogen and oxygen atoms in total. The molecule has 0 saturated heterocycles. The van der Waals surface area contributed by atoms with Crippen LogP contribution in [0.3, 0.4) is 0 Å². The van der Waals surface area contributed by atoms with Crippen molar-refractivity contribution in [3.05, 3.63) is 70.2 Å². The molecule has 2 aromatic rings. The van der Waals surface area contributed by atoms with Crippen molar-refractivity contribution in [2.24, 2.45) is 0 Å². The van der Waals surface area contributed by atoms with Gasteiger partial charge in [-0.1, -0.05) is 36.7 Å². The molecule has 0 amide bonds. The van der Waals surface area contributed by atoms with E-state index in [1.54, 1.807) is 6.07 Å². The molecule has 4 heteroatoms. The summed E-state index contributed by atoms with van der Waals surface area (Å²) in [4.78, 5) is 0. The van der Waals surface area contributed by atoms with Crippen LogP contribution in [0.4, 0.5) is 8.78 Å². The van der Waals surface area contributed by atoms with Crippen LogP contribution in [0.2, 0.25) is 5.02 Å². The summed E-state index contributed by atoms with van der Waals surface area (Å²) in [5.41, 5.74) is 1.84. The van der Waals surface area contributed by atoms with E-state index >= 15 is 0 Å². The van der Waals surface area contributed by atoms with Gasteiger partial charge in [0.25, 0.3) is 0 Å². The number of hydrogen-bond acceptors (Lipinski definition) is 1. The topological polar surface area (TPSA) is 12.0 Å². The lowest BCUT2D eigenvalue weighted by Gasteiger charge is -2.19. The van der Waals surface area contributed by atoms with Gasteiger partial charge in [0.2, 0.25) is 0 Å². The highest BCUT2D eigenvalue weighted by molar-refractivity contribution is 6.30. The van der Waals surface area contributed by atoms with Crippen molar-refractivity contribution in [1.29, 1.82) is 0 Å². The number of halogens is 3. The molecule has 1 unspecified atom stereocenters. The van der Waals surface area contributed by atoms with Gasteiger partial charge < -0.3 is 5.32 Å². The zero-order chi connectivity index (χ0) is 15.2. The van der Waals surface area contributed by atoms with Crippen molar-refractivity contribution >= 4 is 11.6 Å². The van der Waals surface area contributed by atoms with Crippen LogP contribution in [0, 0.1) is 11.6 Å². The molecule has 0 spiro atoms. The molecular weight excluding hydrogens is 292 g/mol. The molecule has 0 saturated carbocycles. The van der Waals surface area contributed by atoms with Gasteiger partial charge >= 0.3 is 0 Å². The van der Waals surface area contributed by atoms with Crippen LogP contribution in [-0.4, -0.2) is 6.54 Å². The Hall–Kier alpha value is -1.45. The summed E-state index contributed by atoms with van der Waals surface area (Å²) in [7, 11) is 0. The highest BCUT2D eigenvalue weighted by atomic mass is 35.5. The maximum Gasteiger partial charge on any atom is 0.159 e. The molecule has 21 heavy (non-hydrogen) atoms. The molecule has 1 N–H and O–H groups in total. The van der Waals surface area contributed by atoms with E-state index < -0.39 is 11.6 Å². The van der Waals surface area contributed by atoms with Crippen LogP contribution in [0.25, 0.3) is 0 Å². The molecule has 0 heterocycles. The minimum atomic E-state index is -0.820. The zero-order valence-corrected chi connectivity index (χ0v) is 12.6. The standard InChI is InChI=1S/C17H18ClF2N/c1-2-9-21-17(10-12-3-6-14(18)7-4-12)13-5-8-15(19)16(20)11-13/h3-8,11,17,21H,2,9-10H2,1H3. The highest BCUT2D eigenvalue weighted by Gasteiger charge is 2.14. The van der Waals surface area contributed by atoms with Crippen LogP contribution in [0.5, 0.6) is 0 Å². The average molecular weight is 310 g/mol. The first kappa shape index (κ1) is 15.9. The molecule has 0 bridgehead atoms. The summed E-state index contributed by atoms with van der Waals surface area (Å²) < 4.78 is 26.5. The highest BCUT2D eigenvalue weighted by Crippen LogP contribution is 2.21. The second-order valence-electron chi connectivity index (χ2n) is 5.01. The Morgan fingerprint density at radius 3 is 2.38 bits per heavy atom. The van der Waals surface area contributed by atoms with Crippen molar-refractivity contribution in [3.8, 4) is 0 Å². The molecular formula is C17H18ClF2N. The monoisotopic (exact) mass is 309 g/mol. The molecule has 2 aromatic carbocycles. The lowest BCUT2D eigenvalue weighted by molar-refractivity contribution is 0.493. The van der Waals surface area contributed by atoms with Gasteiger partial charge in [-0.25, -0.2) is 8.78 Å².